The standard InChI is InChI=1S/C20H25N5O3S/c26-17(15-13-29-14-22-15)24-9-4-20(5-10-24)19-21-6-11-25(19)12-16(28-20)18(27)23-7-2-1-3-8-23/h6,11,13-14,16H,1-5,7-10,12H2. The number of hydrogen-bond acceptors (Lipinski definition) is 6. The zero-order chi connectivity index (χ0) is 19.8. The van der Waals surface area contributed by atoms with Crippen molar-refractivity contribution >= 4 is 23.2 Å². The van der Waals surface area contributed by atoms with E-state index in [2.05, 4.69) is 14.5 Å². The molecule has 0 aliphatic carbocycles. The van der Waals surface area contributed by atoms with E-state index in [1.54, 1.807) is 17.1 Å². The Kier molecular flexibility index (Phi) is 4.87. The molecule has 2 fully saturated rings. The Labute approximate surface area is 173 Å². The molecule has 1 unspecified atom stereocenters. The first-order valence-corrected chi connectivity index (χ1v) is 11.3. The highest BCUT2D eigenvalue weighted by molar-refractivity contribution is 7.07. The summed E-state index contributed by atoms with van der Waals surface area (Å²) in [5.74, 6) is 0.923. The average molecular weight is 416 g/mol. The van der Waals surface area contributed by atoms with Crippen LogP contribution in [0.3, 0.4) is 0 Å². The maximum absolute atomic E-state index is 13.1. The number of imidazole rings is 1. The third-order valence-corrected chi connectivity index (χ3v) is 6.89. The van der Waals surface area contributed by atoms with Gasteiger partial charge in [0.15, 0.2) is 6.10 Å². The SMILES string of the molecule is O=C(c1cscn1)N1CCC2(CC1)OC(C(=O)N1CCCCC1)Cn1ccnc12. The second kappa shape index (κ2) is 7.53. The lowest BCUT2D eigenvalue weighted by atomic mass is 9.88. The van der Waals surface area contributed by atoms with E-state index in [0.717, 1.165) is 31.8 Å². The van der Waals surface area contributed by atoms with Gasteiger partial charge in [-0.3, -0.25) is 9.59 Å². The van der Waals surface area contributed by atoms with Gasteiger partial charge in [-0.2, -0.15) is 0 Å². The predicted octanol–water partition coefficient (Wildman–Crippen LogP) is 1.88. The van der Waals surface area contributed by atoms with Crippen molar-refractivity contribution in [2.24, 2.45) is 0 Å². The molecule has 1 spiro atoms. The topological polar surface area (TPSA) is 80.6 Å². The first-order valence-electron chi connectivity index (χ1n) is 10.3. The van der Waals surface area contributed by atoms with E-state index in [1.807, 2.05) is 16.0 Å². The van der Waals surface area contributed by atoms with E-state index in [4.69, 9.17) is 4.74 Å². The number of rotatable bonds is 2. The van der Waals surface area contributed by atoms with Crippen LogP contribution in [0.15, 0.2) is 23.3 Å². The molecule has 0 radical (unpaired) electrons. The second-order valence-corrected chi connectivity index (χ2v) is 8.77. The van der Waals surface area contributed by atoms with Gasteiger partial charge in [-0.25, -0.2) is 9.97 Å². The molecule has 3 aliphatic heterocycles. The smallest absolute Gasteiger partial charge is 0.273 e. The normalized spacial score (nSPS) is 23.8. The number of ether oxygens (including phenoxy) is 1. The molecular weight excluding hydrogens is 390 g/mol. The number of aromatic nitrogens is 3. The van der Waals surface area contributed by atoms with Crippen molar-refractivity contribution in [2.45, 2.75) is 50.4 Å². The molecule has 0 N–H and O–H groups in total. The number of fused-ring (bicyclic) bond motifs is 2. The Balaban J connectivity index is 1.34. The van der Waals surface area contributed by atoms with Crippen molar-refractivity contribution in [2.75, 3.05) is 26.2 Å². The molecule has 2 amide bonds. The lowest BCUT2D eigenvalue weighted by Crippen LogP contribution is -2.55. The molecule has 5 rings (SSSR count). The zero-order valence-electron chi connectivity index (χ0n) is 16.3. The second-order valence-electron chi connectivity index (χ2n) is 8.06. The Morgan fingerprint density at radius 3 is 2.59 bits per heavy atom. The van der Waals surface area contributed by atoms with Crippen molar-refractivity contribution in [1.82, 2.24) is 24.3 Å². The van der Waals surface area contributed by atoms with E-state index in [1.165, 1.54) is 17.8 Å². The van der Waals surface area contributed by atoms with Crippen LogP contribution in [0.25, 0.3) is 0 Å². The van der Waals surface area contributed by atoms with Crippen LogP contribution in [0.2, 0.25) is 0 Å². The van der Waals surface area contributed by atoms with Gasteiger partial charge in [0.2, 0.25) is 0 Å². The number of amides is 2. The minimum absolute atomic E-state index is 0.0406. The summed E-state index contributed by atoms with van der Waals surface area (Å²) in [4.78, 5) is 38.3. The van der Waals surface area contributed by atoms with Crippen molar-refractivity contribution in [3.63, 3.8) is 0 Å². The molecular formula is C20H25N5O3S. The molecule has 0 saturated carbocycles. The number of carbonyl (C=O) groups is 2. The van der Waals surface area contributed by atoms with E-state index < -0.39 is 11.7 Å². The Hall–Kier alpha value is -2.26. The molecule has 2 aromatic rings. The maximum Gasteiger partial charge on any atom is 0.273 e. The van der Waals surface area contributed by atoms with Gasteiger partial charge in [-0.1, -0.05) is 0 Å². The molecule has 0 aromatic carbocycles. The summed E-state index contributed by atoms with van der Waals surface area (Å²) in [6.45, 7) is 3.27. The van der Waals surface area contributed by atoms with E-state index in [0.29, 0.717) is 38.2 Å². The Morgan fingerprint density at radius 2 is 1.86 bits per heavy atom. The third-order valence-electron chi connectivity index (χ3n) is 6.31. The molecule has 2 saturated heterocycles. The van der Waals surface area contributed by atoms with Gasteiger partial charge in [0.1, 0.15) is 17.1 Å². The quantitative estimate of drug-likeness (QED) is 0.748. The van der Waals surface area contributed by atoms with E-state index in [-0.39, 0.29) is 11.8 Å². The number of hydrogen-bond donors (Lipinski definition) is 0. The fraction of sp³-hybridized carbons (Fsp3) is 0.600. The summed E-state index contributed by atoms with van der Waals surface area (Å²) in [7, 11) is 0. The summed E-state index contributed by atoms with van der Waals surface area (Å²) in [5, 5.41) is 1.78. The number of piperidine rings is 2. The molecule has 8 nitrogen and oxygen atoms in total. The zero-order valence-corrected chi connectivity index (χ0v) is 17.1. The van der Waals surface area contributed by atoms with Gasteiger partial charge in [0.05, 0.1) is 12.1 Å². The van der Waals surface area contributed by atoms with Crippen LogP contribution in [-0.2, 0) is 21.7 Å². The number of carbonyl (C=O) groups excluding carboxylic acids is 2. The third kappa shape index (κ3) is 3.36. The van der Waals surface area contributed by atoms with E-state index in [9.17, 15) is 9.59 Å². The van der Waals surface area contributed by atoms with Gasteiger partial charge in [-0.05, 0) is 19.3 Å². The first kappa shape index (κ1) is 18.7. The fourth-order valence-electron chi connectivity index (χ4n) is 4.74. The van der Waals surface area contributed by atoms with Crippen LogP contribution < -0.4 is 0 Å². The monoisotopic (exact) mass is 415 g/mol. The van der Waals surface area contributed by atoms with Crippen LogP contribution in [0.4, 0.5) is 0 Å². The predicted molar refractivity (Wildman–Crippen MR) is 106 cm³/mol. The van der Waals surface area contributed by atoms with Crippen LogP contribution in [-0.4, -0.2) is 68.4 Å². The molecule has 154 valence electrons. The maximum atomic E-state index is 13.1. The minimum Gasteiger partial charge on any atom is -0.352 e. The summed E-state index contributed by atoms with van der Waals surface area (Å²) in [6, 6.07) is 0. The lowest BCUT2D eigenvalue weighted by Gasteiger charge is -2.46. The fourth-order valence-corrected chi connectivity index (χ4v) is 5.26. The van der Waals surface area contributed by atoms with Crippen molar-refractivity contribution in [1.29, 1.82) is 0 Å². The molecule has 9 heteroatoms. The number of thiazole rings is 1. The molecule has 0 bridgehead atoms. The summed E-state index contributed by atoms with van der Waals surface area (Å²) >= 11 is 1.42. The minimum atomic E-state index is -0.614. The van der Waals surface area contributed by atoms with Gasteiger partial charge < -0.3 is 19.1 Å². The molecule has 5 heterocycles. The van der Waals surface area contributed by atoms with Crippen LogP contribution in [0, 0.1) is 0 Å². The molecule has 29 heavy (non-hydrogen) atoms. The van der Waals surface area contributed by atoms with Gasteiger partial charge in [-0.15, -0.1) is 11.3 Å². The highest BCUT2D eigenvalue weighted by Gasteiger charge is 2.48. The van der Waals surface area contributed by atoms with Crippen molar-refractivity contribution in [3.8, 4) is 0 Å². The Bertz CT molecular complexity index is 882. The summed E-state index contributed by atoms with van der Waals surface area (Å²) < 4.78 is 8.57. The largest absolute Gasteiger partial charge is 0.352 e. The average Bonchev–Trinajstić information content (AvgIpc) is 3.46. The van der Waals surface area contributed by atoms with Gasteiger partial charge >= 0.3 is 0 Å². The Morgan fingerprint density at radius 1 is 1.07 bits per heavy atom. The van der Waals surface area contributed by atoms with Crippen LogP contribution >= 0.6 is 11.3 Å². The first-order chi connectivity index (χ1) is 14.2. The van der Waals surface area contributed by atoms with Gasteiger partial charge in [0.25, 0.3) is 11.8 Å². The summed E-state index contributed by atoms with van der Waals surface area (Å²) in [6.07, 6.45) is 7.79. The summed E-state index contributed by atoms with van der Waals surface area (Å²) in [5.41, 5.74) is 1.56. The van der Waals surface area contributed by atoms with Crippen molar-refractivity contribution in [3.05, 3.63) is 34.8 Å². The number of nitrogens with zero attached hydrogens (tertiary/aromatic N) is 5. The lowest BCUT2D eigenvalue weighted by molar-refractivity contribution is -0.180. The van der Waals surface area contributed by atoms with Gasteiger partial charge in [0, 0.05) is 56.8 Å². The van der Waals surface area contributed by atoms with Crippen LogP contribution in [0.5, 0.6) is 0 Å². The number of likely N-dealkylation sites (tertiary alicyclic amines) is 2. The van der Waals surface area contributed by atoms with E-state index >= 15 is 0 Å². The highest BCUT2D eigenvalue weighted by Crippen LogP contribution is 2.40. The molecule has 2 aromatic heterocycles. The molecule has 1 atom stereocenters. The van der Waals surface area contributed by atoms with Crippen LogP contribution in [0.1, 0.15) is 48.4 Å². The van der Waals surface area contributed by atoms with Crippen molar-refractivity contribution < 1.29 is 14.3 Å². The highest BCUT2D eigenvalue weighted by atomic mass is 32.1. The molecule has 3 aliphatic rings.